The topological polar surface area (TPSA) is 24.5 Å². The van der Waals surface area contributed by atoms with Crippen LogP contribution in [0.4, 0.5) is 0 Å². The lowest BCUT2D eigenvalue weighted by Gasteiger charge is -2.37. The molecule has 1 unspecified atom stereocenters. The van der Waals surface area contributed by atoms with Crippen LogP contribution in [0.5, 0.6) is 0 Å². The maximum atomic E-state index is 5.68. The lowest BCUT2D eigenvalue weighted by atomic mass is 10.0. The lowest BCUT2D eigenvalue weighted by Crippen LogP contribution is -2.50. The second kappa shape index (κ2) is 7.46. The third kappa shape index (κ3) is 6.72. The third-order valence-corrected chi connectivity index (χ3v) is 3.45. The lowest BCUT2D eigenvalue weighted by molar-refractivity contribution is 0.0391. The van der Waals surface area contributed by atoms with E-state index in [0.29, 0.717) is 12.1 Å². The first-order valence-corrected chi connectivity index (χ1v) is 7.49. The average Bonchev–Trinajstić information content (AvgIpc) is 2.26. The van der Waals surface area contributed by atoms with Crippen LogP contribution in [-0.4, -0.2) is 48.8 Å². The zero-order valence-electron chi connectivity index (χ0n) is 13.0. The highest BCUT2D eigenvalue weighted by molar-refractivity contribution is 4.82. The van der Waals surface area contributed by atoms with Crippen LogP contribution in [-0.2, 0) is 4.74 Å². The minimum Gasteiger partial charge on any atom is -0.377 e. The first-order chi connectivity index (χ1) is 8.38. The molecule has 0 aliphatic carbocycles. The molecule has 0 spiro atoms. The van der Waals surface area contributed by atoms with E-state index in [1.807, 2.05) is 0 Å². The van der Waals surface area contributed by atoms with Crippen molar-refractivity contribution in [3.63, 3.8) is 0 Å². The Morgan fingerprint density at radius 3 is 2.61 bits per heavy atom. The van der Waals surface area contributed by atoms with Gasteiger partial charge in [-0.15, -0.1) is 0 Å². The predicted molar refractivity (Wildman–Crippen MR) is 78.1 cm³/mol. The zero-order valence-corrected chi connectivity index (χ0v) is 13.0. The molecule has 1 rings (SSSR count). The van der Waals surface area contributed by atoms with E-state index in [1.54, 1.807) is 0 Å². The van der Waals surface area contributed by atoms with Crippen molar-refractivity contribution in [1.29, 1.82) is 0 Å². The zero-order chi connectivity index (χ0) is 13.6. The third-order valence-electron chi connectivity index (χ3n) is 3.45. The summed E-state index contributed by atoms with van der Waals surface area (Å²) < 4.78 is 5.68. The number of ether oxygens (including phenoxy) is 1. The number of rotatable bonds is 6. The van der Waals surface area contributed by atoms with E-state index in [2.05, 4.69) is 44.8 Å². The van der Waals surface area contributed by atoms with E-state index in [4.69, 9.17) is 4.74 Å². The van der Waals surface area contributed by atoms with Crippen LogP contribution in [0.1, 0.15) is 53.9 Å². The molecule has 1 aliphatic heterocycles. The average molecular weight is 256 g/mol. The van der Waals surface area contributed by atoms with Crippen LogP contribution in [0.2, 0.25) is 0 Å². The quantitative estimate of drug-likeness (QED) is 0.791. The molecule has 1 heterocycles. The summed E-state index contributed by atoms with van der Waals surface area (Å²) in [5, 5.41) is 3.64. The standard InChI is InChI=1S/C15H32N2O/c1-13(2)18-11-10-17-9-7-6-8-14(17)12-16-15(3,4)5/h13-14,16H,6-12H2,1-5H3. The molecule has 1 atom stereocenters. The minimum absolute atomic E-state index is 0.220. The SMILES string of the molecule is CC(C)OCCN1CCCCC1CNC(C)(C)C. The van der Waals surface area contributed by atoms with Gasteiger partial charge in [0.2, 0.25) is 0 Å². The minimum atomic E-state index is 0.220. The van der Waals surface area contributed by atoms with Crippen molar-refractivity contribution in [2.45, 2.75) is 71.6 Å². The summed E-state index contributed by atoms with van der Waals surface area (Å²) in [5.41, 5.74) is 0.220. The summed E-state index contributed by atoms with van der Waals surface area (Å²) >= 11 is 0. The van der Waals surface area contributed by atoms with Gasteiger partial charge in [-0.25, -0.2) is 0 Å². The number of hydrogen-bond donors (Lipinski definition) is 1. The van der Waals surface area contributed by atoms with Crippen LogP contribution in [0, 0.1) is 0 Å². The maximum absolute atomic E-state index is 5.68. The molecule has 0 amide bonds. The summed E-state index contributed by atoms with van der Waals surface area (Å²) in [5.74, 6) is 0. The van der Waals surface area contributed by atoms with Gasteiger partial charge in [0.1, 0.15) is 0 Å². The van der Waals surface area contributed by atoms with Gasteiger partial charge in [-0.05, 0) is 54.0 Å². The van der Waals surface area contributed by atoms with Gasteiger partial charge in [-0.2, -0.15) is 0 Å². The van der Waals surface area contributed by atoms with Gasteiger partial charge in [0.25, 0.3) is 0 Å². The molecular formula is C15H32N2O. The Bertz CT molecular complexity index is 223. The van der Waals surface area contributed by atoms with Crippen molar-refractivity contribution in [3.8, 4) is 0 Å². The fourth-order valence-corrected chi connectivity index (χ4v) is 2.42. The first-order valence-electron chi connectivity index (χ1n) is 7.49. The van der Waals surface area contributed by atoms with E-state index in [9.17, 15) is 0 Å². The summed E-state index contributed by atoms with van der Waals surface area (Å²) in [4.78, 5) is 2.60. The van der Waals surface area contributed by atoms with Crippen LogP contribution >= 0.6 is 0 Å². The van der Waals surface area contributed by atoms with E-state index < -0.39 is 0 Å². The van der Waals surface area contributed by atoms with Crippen molar-refractivity contribution >= 4 is 0 Å². The molecule has 3 nitrogen and oxygen atoms in total. The van der Waals surface area contributed by atoms with E-state index in [1.165, 1.54) is 25.8 Å². The Hall–Kier alpha value is -0.120. The molecule has 0 bridgehead atoms. The Morgan fingerprint density at radius 1 is 1.28 bits per heavy atom. The Kier molecular flexibility index (Phi) is 6.61. The maximum Gasteiger partial charge on any atom is 0.0597 e. The molecule has 1 fully saturated rings. The molecule has 1 N–H and O–H groups in total. The number of likely N-dealkylation sites (tertiary alicyclic amines) is 1. The summed E-state index contributed by atoms with van der Waals surface area (Å²) in [6.07, 6.45) is 4.39. The highest BCUT2D eigenvalue weighted by Gasteiger charge is 2.23. The molecule has 0 aromatic rings. The van der Waals surface area contributed by atoms with Gasteiger partial charge in [-0.3, -0.25) is 4.90 Å². The van der Waals surface area contributed by atoms with Crippen molar-refractivity contribution < 1.29 is 4.74 Å². The largest absolute Gasteiger partial charge is 0.377 e. The highest BCUT2D eigenvalue weighted by atomic mass is 16.5. The van der Waals surface area contributed by atoms with E-state index >= 15 is 0 Å². The normalized spacial score (nSPS) is 22.7. The number of piperidine rings is 1. The van der Waals surface area contributed by atoms with E-state index in [-0.39, 0.29) is 5.54 Å². The molecule has 108 valence electrons. The molecule has 0 aromatic heterocycles. The molecule has 18 heavy (non-hydrogen) atoms. The van der Waals surface area contributed by atoms with Crippen LogP contribution in [0.25, 0.3) is 0 Å². The predicted octanol–water partition coefficient (Wildman–Crippen LogP) is 2.65. The van der Waals surface area contributed by atoms with Crippen molar-refractivity contribution in [2.24, 2.45) is 0 Å². The van der Waals surface area contributed by atoms with Gasteiger partial charge in [0.15, 0.2) is 0 Å². The fourth-order valence-electron chi connectivity index (χ4n) is 2.42. The number of nitrogens with zero attached hydrogens (tertiary/aromatic N) is 1. The molecule has 3 heteroatoms. The second-order valence-corrected chi connectivity index (χ2v) is 6.74. The fraction of sp³-hybridized carbons (Fsp3) is 1.00. The Morgan fingerprint density at radius 2 is 2.00 bits per heavy atom. The second-order valence-electron chi connectivity index (χ2n) is 6.74. The molecule has 0 radical (unpaired) electrons. The van der Waals surface area contributed by atoms with Crippen LogP contribution in [0.3, 0.4) is 0 Å². The monoisotopic (exact) mass is 256 g/mol. The molecule has 1 aliphatic rings. The van der Waals surface area contributed by atoms with Gasteiger partial charge in [0.05, 0.1) is 12.7 Å². The molecule has 0 saturated carbocycles. The van der Waals surface area contributed by atoms with Crippen LogP contribution in [0.15, 0.2) is 0 Å². The van der Waals surface area contributed by atoms with Crippen molar-refractivity contribution in [2.75, 3.05) is 26.2 Å². The summed E-state index contributed by atoms with van der Waals surface area (Å²) in [6.45, 7) is 15.2. The number of hydrogen-bond acceptors (Lipinski definition) is 3. The first kappa shape index (κ1) is 15.9. The van der Waals surface area contributed by atoms with Crippen molar-refractivity contribution in [1.82, 2.24) is 10.2 Å². The van der Waals surface area contributed by atoms with Crippen LogP contribution < -0.4 is 5.32 Å². The van der Waals surface area contributed by atoms with Gasteiger partial charge in [0, 0.05) is 24.7 Å². The molecular weight excluding hydrogens is 224 g/mol. The highest BCUT2D eigenvalue weighted by Crippen LogP contribution is 2.17. The smallest absolute Gasteiger partial charge is 0.0597 e. The molecule has 1 saturated heterocycles. The van der Waals surface area contributed by atoms with Gasteiger partial charge in [-0.1, -0.05) is 6.42 Å². The van der Waals surface area contributed by atoms with Gasteiger partial charge >= 0.3 is 0 Å². The Labute approximate surface area is 113 Å². The Balaban J connectivity index is 2.32. The summed E-state index contributed by atoms with van der Waals surface area (Å²) in [6, 6.07) is 0.689. The number of nitrogens with one attached hydrogen (secondary N) is 1. The van der Waals surface area contributed by atoms with Gasteiger partial charge < -0.3 is 10.1 Å². The van der Waals surface area contributed by atoms with E-state index in [0.717, 1.165) is 19.7 Å². The van der Waals surface area contributed by atoms with Crippen molar-refractivity contribution in [3.05, 3.63) is 0 Å². The summed E-state index contributed by atoms with van der Waals surface area (Å²) in [7, 11) is 0. The molecule has 0 aromatic carbocycles.